The summed E-state index contributed by atoms with van der Waals surface area (Å²) < 4.78 is 0. The first kappa shape index (κ1) is 18.7. The average Bonchev–Trinajstić information content (AvgIpc) is 2.69. The molecule has 3 aromatic rings. The van der Waals surface area contributed by atoms with E-state index in [-0.39, 0.29) is 0 Å². The van der Waals surface area contributed by atoms with Crippen molar-refractivity contribution in [2.75, 3.05) is 0 Å². The zero-order valence-electron chi connectivity index (χ0n) is 14.9. The van der Waals surface area contributed by atoms with Crippen molar-refractivity contribution in [3.63, 3.8) is 0 Å². The van der Waals surface area contributed by atoms with Gasteiger partial charge in [-0.15, -0.1) is 0 Å². The lowest BCUT2D eigenvalue weighted by Crippen LogP contribution is -2.43. The SMILES string of the molecule is Cc1ccc([C@@](C)(C=O)NP(=S)(c2ccccc2)c2ccccc2)cc1. The van der Waals surface area contributed by atoms with Crippen molar-refractivity contribution in [2.24, 2.45) is 0 Å². The fourth-order valence-electron chi connectivity index (χ4n) is 2.94. The van der Waals surface area contributed by atoms with Crippen LogP contribution in [0.1, 0.15) is 18.1 Å². The molecule has 0 saturated heterocycles. The number of rotatable bonds is 6. The van der Waals surface area contributed by atoms with Gasteiger partial charge in [0.2, 0.25) is 0 Å². The van der Waals surface area contributed by atoms with E-state index in [0.717, 1.165) is 28.0 Å². The predicted octanol–water partition coefficient (Wildman–Crippen LogP) is 4.04. The Bertz CT molecular complexity index is 882. The quantitative estimate of drug-likeness (QED) is 0.518. The Morgan fingerprint density at radius 2 is 1.31 bits per heavy atom. The molecule has 3 rings (SSSR count). The fourth-order valence-corrected chi connectivity index (χ4v) is 6.82. The van der Waals surface area contributed by atoms with Gasteiger partial charge in [-0.1, -0.05) is 102 Å². The van der Waals surface area contributed by atoms with Crippen LogP contribution in [-0.2, 0) is 22.1 Å². The summed E-state index contributed by atoms with van der Waals surface area (Å²) >= 11 is 6.22. The van der Waals surface area contributed by atoms with Crippen LogP contribution >= 0.6 is 6.19 Å². The van der Waals surface area contributed by atoms with Gasteiger partial charge in [-0.25, -0.2) is 0 Å². The monoisotopic (exact) mass is 379 g/mol. The Hall–Kier alpha value is -2.06. The Balaban J connectivity index is 2.12. The lowest BCUT2D eigenvalue weighted by atomic mass is 9.94. The van der Waals surface area contributed by atoms with Crippen molar-refractivity contribution in [2.45, 2.75) is 19.4 Å². The van der Waals surface area contributed by atoms with Gasteiger partial charge in [0.05, 0.1) is 6.19 Å². The van der Waals surface area contributed by atoms with Crippen LogP contribution in [0.15, 0.2) is 84.9 Å². The van der Waals surface area contributed by atoms with Crippen molar-refractivity contribution in [3.05, 3.63) is 96.1 Å². The van der Waals surface area contributed by atoms with Crippen LogP contribution in [0.5, 0.6) is 0 Å². The van der Waals surface area contributed by atoms with Crippen LogP contribution in [0.3, 0.4) is 0 Å². The second-order valence-electron chi connectivity index (χ2n) is 6.58. The summed E-state index contributed by atoms with van der Waals surface area (Å²) in [6, 6.07) is 28.1. The highest BCUT2D eigenvalue weighted by atomic mass is 32.4. The van der Waals surface area contributed by atoms with Gasteiger partial charge in [0.25, 0.3) is 0 Å². The standard InChI is InChI=1S/C22H22NOPS/c1-18-13-15-19(16-14-18)22(2,17-24)23-25(26,20-9-5-3-6-10-20)21-11-7-4-8-12-21/h3-17H,1-2H3,(H,23,26)/t22-/m1/s1. The van der Waals surface area contributed by atoms with Crippen molar-refractivity contribution in [3.8, 4) is 0 Å². The molecule has 0 amide bonds. The van der Waals surface area contributed by atoms with E-state index in [1.54, 1.807) is 0 Å². The molecule has 0 aliphatic carbocycles. The molecule has 0 heterocycles. The second kappa shape index (κ2) is 7.67. The van der Waals surface area contributed by atoms with Gasteiger partial charge in [-0.2, -0.15) is 0 Å². The molecule has 0 aliphatic rings. The Kier molecular flexibility index (Phi) is 5.52. The Morgan fingerprint density at radius 1 is 0.846 bits per heavy atom. The number of nitrogens with one attached hydrogen (secondary N) is 1. The minimum Gasteiger partial charge on any atom is -0.301 e. The van der Waals surface area contributed by atoms with Crippen LogP contribution in [0.25, 0.3) is 0 Å². The Morgan fingerprint density at radius 3 is 1.73 bits per heavy atom. The molecular weight excluding hydrogens is 357 g/mol. The van der Waals surface area contributed by atoms with Crippen LogP contribution in [0.4, 0.5) is 0 Å². The number of carbonyl (C=O) groups is 1. The molecule has 4 heteroatoms. The highest BCUT2D eigenvalue weighted by Gasteiger charge is 2.34. The van der Waals surface area contributed by atoms with Gasteiger partial charge in [0.15, 0.2) is 0 Å². The number of benzene rings is 3. The third kappa shape index (κ3) is 3.71. The summed E-state index contributed by atoms with van der Waals surface area (Å²) in [5, 5.41) is 5.67. The van der Waals surface area contributed by atoms with Crippen LogP contribution in [0.2, 0.25) is 0 Å². The molecular formula is C22H22NOPS. The number of carbonyl (C=O) groups excluding carboxylic acids is 1. The van der Waals surface area contributed by atoms with Crippen molar-refractivity contribution >= 4 is 34.9 Å². The van der Waals surface area contributed by atoms with Crippen LogP contribution in [0, 0.1) is 6.92 Å². The summed E-state index contributed by atoms with van der Waals surface area (Å²) in [4.78, 5) is 12.2. The number of hydrogen-bond acceptors (Lipinski definition) is 2. The molecule has 0 bridgehead atoms. The summed E-state index contributed by atoms with van der Waals surface area (Å²) in [5.74, 6) is 0. The van der Waals surface area contributed by atoms with Gasteiger partial charge in [0.1, 0.15) is 11.8 Å². The van der Waals surface area contributed by atoms with E-state index < -0.39 is 11.7 Å². The Labute approximate surface area is 160 Å². The summed E-state index contributed by atoms with van der Waals surface area (Å²) in [7, 11) is 0. The van der Waals surface area contributed by atoms with E-state index in [0.29, 0.717) is 0 Å². The molecule has 0 aromatic heterocycles. The maximum absolute atomic E-state index is 12.2. The zero-order valence-corrected chi connectivity index (χ0v) is 16.6. The molecule has 0 aliphatic heterocycles. The lowest BCUT2D eigenvalue weighted by Gasteiger charge is -2.34. The highest BCUT2D eigenvalue weighted by molar-refractivity contribution is 8.21. The van der Waals surface area contributed by atoms with E-state index >= 15 is 0 Å². The smallest absolute Gasteiger partial charge is 0.144 e. The van der Waals surface area contributed by atoms with Gasteiger partial charge < -0.3 is 4.79 Å². The van der Waals surface area contributed by atoms with Gasteiger partial charge >= 0.3 is 0 Å². The molecule has 0 spiro atoms. The third-order valence-corrected chi connectivity index (χ3v) is 8.89. The maximum atomic E-state index is 12.2. The van der Waals surface area contributed by atoms with Crippen molar-refractivity contribution in [1.82, 2.24) is 5.09 Å². The molecule has 0 fully saturated rings. The summed E-state index contributed by atoms with van der Waals surface area (Å²) in [5.41, 5.74) is 1.21. The molecule has 0 radical (unpaired) electrons. The lowest BCUT2D eigenvalue weighted by molar-refractivity contribution is -0.112. The first-order valence-corrected chi connectivity index (χ1v) is 11.3. The minimum atomic E-state index is -2.39. The van der Waals surface area contributed by atoms with Crippen LogP contribution < -0.4 is 15.7 Å². The van der Waals surface area contributed by atoms with E-state index in [9.17, 15) is 4.79 Å². The topological polar surface area (TPSA) is 29.1 Å². The number of aldehydes is 1. The van der Waals surface area contributed by atoms with Gasteiger partial charge in [0, 0.05) is 10.6 Å². The molecule has 26 heavy (non-hydrogen) atoms. The van der Waals surface area contributed by atoms with E-state index in [1.165, 1.54) is 0 Å². The van der Waals surface area contributed by atoms with Crippen molar-refractivity contribution in [1.29, 1.82) is 0 Å². The molecule has 1 N–H and O–H groups in total. The number of hydrogen-bond donors (Lipinski definition) is 1. The van der Waals surface area contributed by atoms with E-state index in [2.05, 4.69) is 5.09 Å². The van der Waals surface area contributed by atoms with E-state index in [1.807, 2.05) is 98.8 Å². The first-order valence-electron chi connectivity index (χ1n) is 8.52. The minimum absolute atomic E-state index is 0.866. The normalized spacial score (nSPS) is 13.8. The molecule has 0 unspecified atom stereocenters. The third-order valence-electron chi connectivity index (χ3n) is 4.52. The first-order chi connectivity index (χ1) is 12.5. The fraction of sp³-hybridized carbons (Fsp3) is 0.136. The molecule has 0 saturated carbocycles. The highest BCUT2D eigenvalue weighted by Crippen LogP contribution is 2.43. The van der Waals surface area contributed by atoms with Gasteiger partial charge in [-0.3, -0.25) is 5.09 Å². The number of aryl methyl sites for hydroxylation is 1. The molecule has 3 aromatic carbocycles. The predicted molar refractivity (Wildman–Crippen MR) is 114 cm³/mol. The molecule has 132 valence electrons. The maximum Gasteiger partial charge on any atom is 0.144 e. The zero-order chi connectivity index (χ0) is 18.6. The van der Waals surface area contributed by atoms with E-state index in [4.69, 9.17) is 11.8 Å². The van der Waals surface area contributed by atoms with Crippen LogP contribution in [-0.4, -0.2) is 6.29 Å². The molecule has 1 atom stereocenters. The summed E-state index contributed by atoms with van der Waals surface area (Å²) in [6.07, 6.45) is -1.42. The van der Waals surface area contributed by atoms with Crippen molar-refractivity contribution < 1.29 is 4.79 Å². The average molecular weight is 379 g/mol. The summed E-state index contributed by atoms with van der Waals surface area (Å²) in [6.45, 7) is 3.94. The largest absolute Gasteiger partial charge is 0.301 e. The van der Waals surface area contributed by atoms with Gasteiger partial charge in [-0.05, 0) is 19.4 Å². The molecule has 2 nitrogen and oxygen atoms in total. The second-order valence-corrected chi connectivity index (χ2v) is 10.7.